The Labute approximate surface area is 106 Å². The van der Waals surface area contributed by atoms with Crippen molar-refractivity contribution in [3.05, 3.63) is 0 Å². The number of hydrogen-bond donors (Lipinski definition) is 1. The smallest absolute Gasteiger partial charge is 0.148 e. The quantitative estimate of drug-likeness (QED) is 0.815. The summed E-state index contributed by atoms with van der Waals surface area (Å²) in [6, 6.07) is 0.841. The SMILES string of the molecule is CC1CNC(C(C)(C)C)CN1CCS(C)(=O)=O. The number of nitrogens with one attached hydrogen (secondary N) is 1. The lowest BCUT2D eigenvalue weighted by Gasteiger charge is -2.44. The molecule has 0 radical (unpaired) electrons. The fourth-order valence-electron chi connectivity index (χ4n) is 2.10. The maximum atomic E-state index is 11.2. The highest BCUT2D eigenvalue weighted by Gasteiger charge is 2.32. The molecule has 0 aromatic heterocycles. The van der Waals surface area contributed by atoms with Gasteiger partial charge in [0.25, 0.3) is 0 Å². The van der Waals surface area contributed by atoms with E-state index in [0.29, 0.717) is 18.6 Å². The summed E-state index contributed by atoms with van der Waals surface area (Å²) in [5.41, 5.74) is 0.212. The molecule has 0 aliphatic carbocycles. The molecule has 1 N–H and O–H groups in total. The fraction of sp³-hybridized carbons (Fsp3) is 1.00. The van der Waals surface area contributed by atoms with Crippen LogP contribution in [0.3, 0.4) is 0 Å². The highest BCUT2D eigenvalue weighted by Crippen LogP contribution is 2.23. The van der Waals surface area contributed by atoms with Crippen molar-refractivity contribution in [1.29, 1.82) is 0 Å². The first-order valence-corrected chi connectivity index (χ1v) is 8.31. The predicted octanol–water partition coefficient (Wildman–Crippen LogP) is 0.739. The van der Waals surface area contributed by atoms with Crippen molar-refractivity contribution in [3.63, 3.8) is 0 Å². The molecule has 5 heteroatoms. The van der Waals surface area contributed by atoms with Crippen LogP contribution in [-0.2, 0) is 9.84 Å². The van der Waals surface area contributed by atoms with Gasteiger partial charge in [0.05, 0.1) is 5.75 Å². The lowest BCUT2D eigenvalue weighted by molar-refractivity contribution is 0.0993. The third-order valence-corrected chi connectivity index (χ3v) is 4.42. The van der Waals surface area contributed by atoms with E-state index in [2.05, 4.69) is 37.9 Å². The molecule has 1 aliphatic rings. The second-order valence-electron chi connectivity index (χ2n) is 6.30. The van der Waals surface area contributed by atoms with E-state index < -0.39 is 9.84 Å². The Kier molecular flexibility index (Phi) is 4.60. The molecule has 1 heterocycles. The lowest BCUT2D eigenvalue weighted by atomic mass is 9.85. The van der Waals surface area contributed by atoms with Gasteiger partial charge in [-0.2, -0.15) is 0 Å². The van der Waals surface area contributed by atoms with Gasteiger partial charge in [-0.1, -0.05) is 20.8 Å². The van der Waals surface area contributed by atoms with Crippen LogP contribution in [0.1, 0.15) is 27.7 Å². The average molecular weight is 262 g/mol. The largest absolute Gasteiger partial charge is 0.311 e. The maximum absolute atomic E-state index is 11.2. The molecule has 0 bridgehead atoms. The second kappa shape index (κ2) is 5.24. The van der Waals surface area contributed by atoms with Crippen molar-refractivity contribution in [2.24, 2.45) is 5.41 Å². The van der Waals surface area contributed by atoms with Crippen LogP contribution < -0.4 is 5.32 Å². The van der Waals surface area contributed by atoms with Gasteiger partial charge in [-0.25, -0.2) is 8.42 Å². The maximum Gasteiger partial charge on any atom is 0.148 e. The van der Waals surface area contributed by atoms with E-state index in [9.17, 15) is 8.42 Å². The van der Waals surface area contributed by atoms with Gasteiger partial charge in [0, 0.05) is 38.0 Å². The van der Waals surface area contributed by atoms with Gasteiger partial charge in [0.2, 0.25) is 0 Å². The van der Waals surface area contributed by atoms with Crippen molar-refractivity contribution < 1.29 is 8.42 Å². The third kappa shape index (κ3) is 4.94. The highest BCUT2D eigenvalue weighted by molar-refractivity contribution is 7.90. The molecule has 1 aliphatic heterocycles. The number of rotatable bonds is 3. The van der Waals surface area contributed by atoms with E-state index >= 15 is 0 Å². The normalized spacial score (nSPS) is 28.3. The Morgan fingerprint density at radius 1 is 1.35 bits per heavy atom. The Bertz CT molecular complexity index is 346. The van der Waals surface area contributed by atoms with Crippen LogP contribution in [0.5, 0.6) is 0 Å². The molecule has 4 nitrogen and oxygen atoms in total. The van der Waals surface area contributed by atoms with Gasteiger partial charge in [0.15, 0.2) is 0 Å². The topological polar surface area (TPSA) is 49.4 Å². The molecule has 17 heavy (non-hydrogen) atoms. The van der Waals surface area contributed by atoms with E-state index in [-0.39, 0.29) is 11.2 Å². The van der Waals surface area contributed by atoms with Crippen LogP contribution in [0.2, 0.25) is 0 Å². The molecule has 2 atom stereocenters. The standard InChI is InChI=1S/C12H26N2O2S/c1-10-8-13-11(12(2,3)4)9-14(10)6-7-17(5,15)16/h10-11,13H,6-9H2,1-5H3. The summed E-state index contributed by atoms with van der Waals surface area (Å²) in [5, 5.41) is 3.54. The van der Waals surface area contributed by atoms with Crippen molar-refractivity contribution in [2.45, 2.75) is 39.8 Å². The zero-order valence-corrected chi connectivity index (χ0v) is 12.5. The molecule has 1 rings (SSSR count). The fourth-order valence-corrected chi connectivity index (χ4v) is 2.66. The zero-order valence-electron chi connectivity index (χ0n) is 11.7. The van der Waals surface area contributed by atoms with Gasteiger partial charge in [-0.05, 0) is 12.3 Å². The summed E-state index contributed by atoms with van der Waals surface area (Å²) >= 11 is 0. The monoisotopic (exact) mass is 262 g/mol. The van der Waals surface area contributed by atoms with Crippen molar-refractivity contribution in [2.75, 3.05) is 31.6 Å². The van der Waals surface area contributed by atoms with E-state index in [0.717, 1.165) is 13.1 Å². The summed E-state index contributed by atoms with van der Waals surface area (Å²) in [5.74, 6) is 0.258. The number of piperazine rings is 1. The molecule has 0 spiro atoms. The average Bonchev–Trinajstić information content (AvgIpc) is 2.13. The Hall–Kier alpha value is -0.130. The van der Waals surface area contributed by atoms with Gasteiger partial charge >= 0.3 is 0 Å². The summed E-state index contributed by atoms with van der Waals surface area (Å²) < 4.78 is 22.4. The van der Waals surface area contributed by atoms with E-state index in [1.54, 1.807) is 0 Å². The summed E-state index contributed by atoms with van der Waals surface area (Å²) in [4.78, 5) is 2.29. The summed E-state index contributed by atoms with van der Waals surface area (Å²) in [6.07, 6.45) is 1.31. The Morgan fingerprint density at radius 3 is 2.41 bits per heavy atom. The lowest BCUT2D eigenvalue weighted by Crippen LogP contribution is -2.60. The van der Waals surface area contributed by atoms with Crippen LogP contribution in [-0.4, -0.2) is 57.0 Å². The minimum absolute atomic E-state index is 0.212. The molecule has 0 amide bonds. The Balaban J connectivity index is 2.58. The number of sulfone groups is 1. The zero-order chi connectivity index (χ0) is 13.3. The molecule has 0 saturated carbocycles. The first kappa shape index (κ1) is 14.9. The van der Waals surface area contributed by atoms with E-state index in [1.165, 1.54) is 6.26 Å². The predicted molar refractivity (Wildman–Crippen MR) is 72.0 cm³/mol. The van der Waals surface area contributed by atoms with Crippen molar-refractivity contribution >= 4 is 9.84 Å². The molecule has 2 unspecified atom stereocenters. The molecular formula is C12H26N2O2S. The van der Waals surface area contributed by atoms with Crippen LogP contribution in [0.25, 0.3) is 0 Å². The van der Waals surface area contributed by atoms with Crippen molar-refractivity contribution in [1.82, 2.24) is 10.2 Å². The van der Waals surface area contributed by atoms with Gasteiger partial charge < -0.3 is 5.32 Å². The Morgan fingerprint density at radius 2 is 1.94 bits per heavy atom. The molecule has 1 saturated heterocycles. The molecule has 102 valence electrons. The van der Waals surface area contributed by atoms with Crippen LogP contribution in [0.15, 0.2) is 0 Å². The molecular weight excluding hydrogens is 236 g/mol. The first-order valence-electron chi connectivity index (χ1n) is 6.25. The van der Waals surface area contributed by atoms with Crippen LogP contribution >= 0.6 is 0 Å². The highest BCUT2D eigenvalue weighted by atomic mass is 32.2. The van der Waals surface area contributed by atoms with E-state index in [4.69, 9.17) is 0 Å². The summed E-state index contributed by atoms with van der Waals surface area (Å²) in [6.45, 7) is 11.3. The minimum atomic E-state index is -2.86. The molecule has 0 aromatic carbocycles. The number of hydrogen-bond acceptors (Lipinski definition) is 4. The first-order chi connectivity index (χ1) is 7.59. The number of nitrogens with zero attached hydrogens (tertiary/aromatic N) is 1. The minimum Gasteiger partial charge on any atom is -0.311 e. The summed E-state index contributed by atoms with van der Waals surface area (Å²) in [7, 11) is -2.86. The van der Waals surface area contributed by atoms with Crippen LogP contribution in [0, 0.1) is 5.41 Å². The van der Waals surface area contributed by atoms with Gasteiger partial charge in [-0.3, -0.25) is 4.90 Å². The molecule has 1 fully saturated rings. The van der Waals surface area contributed by atoms with Gasteiger partial charge in [-0.15, -0.1) is 0 Å². The van der Waals surface area contributed by atoms with Gasteiger partial charge in [0.1, 0.15) is 9.84 Å². The van der Waals surface area contributed by atoms with Crippen molar-refractivity contribution in [3.8, 4) is 0 Å². The second-order valence-corrected chi connectivity index (χ2v) is 8.56. The third-order valence-electron chi connectivity index (χ3n) is 3.49. The molecule has 0 aromatic rings. The van der Waals surface area contributed by atoms with E-state index in [1.807, 2.05) is 0 Å². The van der Waals surface area contributed by atoms with Crippen LogP contribution in [0.4, 0.5) is 0 Å².